The third-order valence-electron chi connectivity index (χ3n) is 3.68. The van der Waals surface area contributed by atoms with Crippen molar-refractivity contribution in [2.75, 3.05) is 26.0 Å². The molecule has 0 saturated heterocycles. The second-order valence-electron chi connectivity index (χ2n) is 5.18. The minimum Gasteiger partial charge on any atom is -0.397 e. The summed E-state index contributed by atoms with van der Waals surface area (Å²) >= 11 is 7.61. The number of hydrogen-bond acceptors (Lipinski definition) is 4. The predicted octanol–water partition coefficient (Wildman–Crippen LogP) is 3.39. The lowest BCUT2D eigenvalue weighted by Crippen LogP contribution is -2.35. The van der Waals surface area contributed by atoms with Crippen molar-refractivity contribution < 1.29 is 9.53 Å². The molecule has 1 saturated carbocycles. The van der Waals surface area contributed by atoms with Gasteiger partial charge in [-0.15, -0.1) is 11.3 Å². The van der Waals surface area contributed by atoms with Crippen molar-refractivity contribution in [2.24, 2.45) is 0 Å². The number of anilines is 1. The SMILES string of the molecule is COCCN(C(=O)c1sc2cccc(Cl)c2c1N)C1CC1. The maximum absolute atomic E-state index is 12.8. The summed E-state index contributed by atoms with van der Waals surface area (Å²) in [5.74, 6) is -0.00989. The van der Waals surface area contributed by atoms with Crippen molar-refractivity contribution in [1.82, 2.24) is 4.90 Å². The zero-order valence-corrected chi connectivity index (χ0v) is 13.3. The van der Waals surface area contributed by atoms with Gasteiger partial charge in [0.1, 0.15) is 4.88 Å². The van der Waals surface area contributed by atoms with E-state index in [0.29, 0.717) is 34.8 Å². The van der Waals surface area contributed by atoms with Gasteiger partial charge < -0.3 is 15.4 Å². The molecule has 0 atom stereocenters. The molecule has 112 valence electrons. The second kappa shape index (κ2) is 5.83. The Balaban J connectivity index is 1.96. The smallest absolute Gasteiger partial charge is 0.266 e. The quantitative estimate of drug-likeness (QED) is 0.917. The summed E-state index contributed by atoms with van der Waals surface area (Å²) in [6, 6.07) is 5.94. The first-order valence-electron chi connectivity index (χ1n) is 6.90. The maximum atomic E-state index is 12.8. The van der Waals surface area contributed by atoms with Gasteiger partial charge in [0, 0.05) is 29.8 Å². The number of fused-ring (bicyclic) bond motifs is 1. The number of nitrogens with zero attached hydrogens (tertiary/aromatic N) is 1. The summed E-state index contributed by atoms with van der Waals surface area (Å²) in [5.41, 5.74) is 6.67. The highest BCUT2D eigenvalue weighted by atomic mass is 35.5. The fourth-order valence-corrected chi connectivity index (χ4v) is 3.88. The molecule has 2 N–H and O–H groups in total. The number of thiophene rings is 1. The molecule has 0 radical (unpaired) electrons. The first-order chi connectivity index (χ1) is 10.1. The standard InChI is InChI=1S/C15H17ClN2O2S/c1-20-8-7-18(9-5-6-9)15(19)14-13(17)12-10(16)3-2-4-11(12)21-14/h2-4,9H,5-8,17H2,1H3. The fourth-order valence-electron chi connectivity index (χ4n) is 2.44. The van der Waals surface area contributed by atoms with Crippen molar-refractivity contribution in [2.45, 2.75) is 18.9 Å². The molecule has 4 nitrogen and oxygen atoms in total. The van der Waals surface area contributed by atoms with Crippen LogP contribution >= 0.6 is 22.9 Å². The van der Waals surface area contributed by atoms with Crippen LogP contribution in [-0.2, 0) is 4.74 Å². The second-order valence-corrected chi connectivity index (χ2v) is 6.64. The van der Waals surface area contributed by atoms with Crippen LogP contribution < -0.4 is 5.73 Å². The van der Waals surface area contributed by atoms with E-state index in [1.807, 2.05) is 17.0 Å². The molecule has 3 rings (SSSR count). The molecule has 0 aliphatic heterocycles. The average molecular weight is 325 g/mol. The van der Waals surface area contributed by atoms with Gasteiger partial charge >= 0.3 is 0 Å². The minimum atomic E-state index is -0.00989. The normalized spacial score (nSPS) is 14.6. The highest BCUT2D eigenvalue weighted by molar-refractivity contribution is 7.21. The topological polar surface area (TPSA) is 55.6 Å². The van der Waals surface area contributed by atoms with E-state index >= 15 is 0 Å². The van der Waals surface area contributed by atoms with Crippen LogP contribution in [0.3, 0.4) is 0 Å². The predicted molar refractivity (Wildman–Crippen MR) is 87.2 cm³/mol. The van der Waals surface area contributed by atoms with E-state index in [0.717, 1.165) is 22.9 Å². The van der Waals surface area contributed by atoms with Gasteiger partial charge in [-0.1, -0.05) is 17.7 Å². The van der Waals surface area contributed by atoms with Gasteiger partial charge in [0.2, 0.25) is 0 Å². The average Bonchev–Trinajstić information content (AvgIpc) is 3.24. The first kappa shape index (κ1) is 14.6. The van der Waals surface area contributed by atoms with Gasteiger partial charge in [0.05, 0.1) is 17.3 Å². The highest BCUT2D eigenvalue weighted by Gasteiger charge is 2.34. The van der Waals surface area contributed by atoms with Crippen molar-refractivity contribution in [3.63, 3.8) is 0 Å². The van der Waals surface area contributed by atoms with E-state index in [4.69, 9.17) is 22.1 Å². The van der Waals surface area contributed by atoms with E-state index in [1.165, 1.54) is 11.3 Å². The minimum absolute atomic E-state index is 0.00989. The molecule has 1 heterocycles. The fraction of sp³-hybridized carbons (Fsp3) is 0.400. The summed E-state index contributed by atoms with van der Waals surface area (Å²) < 4.78 is 6.05. The zero-order valence-electron chi connectivity index (χ0n) is 11.8. The van der Waals surface area contributed by atoms with Crippen LogP contribution in [0.25, 0.3) is 10.1 Å². The third-order valence-corrected chi connectivity index (χ3v) is 5.15. The van der Waals surface area contributed by atoms with Crippen LogP contribution in [-0.4, -0.2) is 37.1 Å². The Labute approximate surface area is 132 Å². The number of halogens is 1. The molecule has 0 bridgehead atoms. The molecule has 6 heteroatoms. The van der Waals surface area contributed by atoms with Crippen LogP contribution in [0.5, 0.6) is 0 Å². The Morgan fingerprint density at radius 2 is 2.29 bits per heavy atom. The van der Waals surface area contributed by atoms with Crippen LogP contribution in [0.2, 0.25) is 5.02 Å². The molecule has 21 heavy (non-hydrogen) atoms. The number of hydrogen-bond donors (Lipinski definition) is 1. The molecular weight excluding hydrogens is 308 g/mol. The lowest BCUT2D eigenvalue weighted by Gasteiger charge is -2.21. The number of carbonyl (C=O) groups is 1. The molecule has 1 aliphatic rings. The summed E-state index contributed by atoms with van der Waals surface area (Å²) in [7, 11) is 1.64. The van der Waals surface area contributed by atoms with Crippen LogP contribution in [0.1, 0.15) is 22.5 Å². The zero-order chi connectivity index (χ0) is 15.0. The highest BCUT2D eigenvalue weighted by Crippen LogP contribution is 2.39. The number of carbonyl (C=O) groups excluding carboxylic acids is 1. The van der Waals surface area contributed by atoms with Gasteiger partial charge in [0.25, 0.3) is 5.91 Å². The summed E-state index contributed by atoms with van der Waals surface area (Å²) in [5, 5.41) is 1.38. The van der Waals surface area contributed by atoms with Gasteiger partial charge in [-0.25, -0.2) is 0 Å². The number of nitrogen functional groups attached to an aromatic ring is 1. The molecule has 1 aromatic carbocycles. The Kier molecular flexibility index (Phi) is 4.06. The molecule has 0 spiro atoms. The van der Waals surface area contributed by atoms with E-state index < -0.39 is 0 Å². The summed E-state index contributed by atoms with van der Waals surface area (Å²) in [6.07, 6.45) is 2.11. The van der Waals surface area contributed by atoms with Crippen LogP contribution in [0.15, 0.2) is 18.2 Å². The number of ether oxygens (including phenoxy) is 1. The van der Waals surface area contributed by atoms with Crippen molar-refractivity contribution in [3.8, 4) is 0 Å². The first-order valence-corrected chi connectivity index (χ1v) is 8.09. The number of rotatable bonds is 5. The van der Waals surface area contributed by atoms with Crippen molar-refractivity contribution in [3.05, 3.63) is 28.1 Å². The largest absolute Gasteiger partial charge is 0.397 e. The van der Waals surface area contributed by atoms with E-state index in [-0.39, 0.29) is 5.91 Å². The van der Waals surface area contributed by atoms with Gasteiger partial charge in [0.15, 0.2) is 0 Å². The molecule has 1 fully saturated rings. The van der Waals surface area contributed by atoms with Crippen LogP contribution in [0, 0.1) is 0 Å². The number of methoxy groups -OCH3 is 1. The lowest BCUT2D eigenvalue weighted by molar-refractivity contribution is 0.0686. The summed E-state index contributed by atoms with van der Waals surface area (Å²) in [6.45, 7) is 1.13. The van der Waals surface area contributed by atoms with Crippen LogP contribution in [0.4, 0.5) is 5.69 Å². The Bertz CT molecular complexity index is 682. The van der Waals surface area contributed by atoms with E-state index in [2.05, 4.69) is 0 Å². The molecule has 1 aliphatic carbocycles. The van der Waals surface area contributed by atoms with Crippen molar-refractivity contribution >= 4 is 44.6 Å². The van der Waals surface area contributed by atoms with Gasteiger partial charge in [-0.3, -0.25) is 4.79 Å². The number of amides is 1. The Hall–Kier alpha value is -1.30. The maximum Gasteiger partial charge on any atom is 0.266 e. The third kappa shape index (κ3) is 2.73. The lowest BCUT2D eigenvalue weighted by atomic mass is 10.2. The van der Waals surface area contributed by atoms with E-state index in [1.54, 1.807) is 13.2 Å². The van der Waals surface area contributed by atoms with E-state index in [9.17, 15) is 4.79 Å². The monoisotopic (exact) mass is 324 g/mol. The van der Waals surface area contributed by atoms with Gasteiger partial charge in [-0.2, -0.15) is 0 Å². The molecule has 0 unspecified atom stereocenters. The Morgan fingerprint density at radius 3 is 2.90 bits per heavy atom. The molecule has 1 aromatic heterocycles. The van der Waals surface area contributed by atoms with Gasteiger partial charge in [-0.05, 0) is 25.0 Å². The Morgan fingerprint density at radius 1 is 1.52 bits per heavy atom. The number of benzene rings is 1. The molecular formula is C15H17ClN2O2S. The summed E-state index contributed by atoms with van der Waals surface area (Å²) in [4.78, 5) is 15.2. The molecule has 1 amide bonds. The molecule has 2 aromatic rings. The van der Waals surface area contributed by atoms with Crippen molar-refractivity contribution in [1.29, 1.82) is 0 Å². The number of nitrogens with two attached hydrogens (primary N) is 1.